The van der Waals surface area contributed by atoms with E-state index in [1.807, 2.05) is 0 Å². The molecule has 70 valence electrons. The van der Waals surface area contributed by atoms with E-state index in [2.05, 4.69) is 5.32 Å². The Balaban J connectivity index is 0.000000720. The molecule has 2 heterocycles. The van der Waals surface area contributed by atoms with Gasteiger partial charge < -0.3 is 15.3 Å². The first-order valence-corrected chi connectivity index (χ1v) is 3.99. The van der Waals surface area contributed by atoms with Gasteiger partial charge in [-0.15, -0.1) is 12.4 Å². The molecule has 0 saturated carbocycles. The van der Waals surface area contributed by atoms with E-state index >= 15 is 0 Å². The fourth-order valence-electron chi connectivity index (χ4n) is 2.09. The van der Waals surface area contributed by atoms with Gasteiger partial charge in [0.2, 0.25) is 0 Å². The number of halogens is 1. The molecule has 0 spiro atoms. The number of fused-ring (bicyclic) bond motifs is 1. The van der Waals surface area contributed by atoms with Crippen LogP contribution in [0.5, 0.6) is 0 Å². The molecule has 2 rings (SSSR count). The monoisotopic (exact) mass is 192 g/mol. The molecule has 2 saturated heterocycles. The summed E-state index contributed by atoms with van der Waals surface area (Å²) in [6.45, 7) is 2.57. The summed E-state index contributed by atoms with van der Waals surface area (Å²) in [4.78, 5) is 12.2. The second-order valence-electron chi connectivity index (χ2n) is 3.25. The van der Waals surface area contributed by atoms with Crippen molar-refractivity contribution in [1.29, 1.82) is 0 Å². The first-order valence-electron chi connectivity index (χ1n) is 3.99. The summed E-state index contributed by atoms with van der Waals surface area (Å²) in [7, 11) is 0. The lowest BCUT2D eigenvalue weighted by Crippen LogP contribution is -2.37. The standard InChI is InChI=1S/C7H12N2O2.ClH/c10-7(11)9-2-1-5-3-8-4-6(5)9;/h5-6,8H,1-4H2,(H,10,11);1H. The van der Waals surface area contributed by atoms with Crippen molar-refractivity contribution in [2.45, 2.75) is 12.5 Å². The van der Waals surface area contributed by atoms with Gasteiger partial charge in [0.25, 0.3) is 0 Å². The maximum atomic E-state index is 10.6. The Morgan fingerprint density at radius 2 is 2.25 bits per heavy atom. The van der Waals surface area contributed by atoms with Crippen LogP contribution in [-0.2, 0) is 0 Å². The SMILES string of the molecule is Cl.O=C(O)N1CCC2CNCC21. The number of hydrogen-bond acceptors (Lipinski definition) is 2. The summed E-state index contributed by atoms with van der Waals surface area (Å²) in [6.07, 6.45) is 0.269. The van der Waals surface area contributed by atoms with Gasteiger partial charge in [-0.1, -0.05) is 0 Å². The van der Waals surface area contributed by atoms with E-state index in [-0.39, 0.29) is 18.4 Å². The molecule has 0 aromatic heterocycles. The minimum atomic E-state index is -0.763. The van der Waals surface area contributed by atoms with Gasteiger partial charge in [0.05, 0.1) is 6.04 Å². The number of hydrogen-bond donors (Lipinski definition) is 2. The first kappa shape index (κ1) is 9.61. The van der Waals surface area contributed by atoms with Crippen LogP contribution in [-0.4, -0.2) is 41.8 Å². The smallest absolute Gasteiger partial charge is 0.407 e. The highest BCUT2D eigenvalue weighted by molar-refractivity contribution is 5.85. The number of nitrogens with one attached hydrogen (secondary N) is 1. The minimum absolute atomic E-state index is 0. The number of likely N-dealkylation sites (tertiary alicyclic amines) is 1. The molecule has 4 nitrogen and oxygen atoms in total. The molecule has 2 unspecified atom stereocenters. The van der Waals surface area contributed by atoms with Crippen molar-refractivity contribution >= 4 is 18.5 Å². The van der Waals surface area contributed by atoms with Crippen molar-refractivity contribution in [3.05, 3.63) is 0 Å². The van der Waals surface area contributed by atoms with Crippen LogP contribution in [0, 0.1) is 5.92 Å². The van der Waals surface area contributed by atoms with E-state index in [1.165, 1.54) is 0 Å². The molecule has 2 aliphatic heterocycles. The molecule has 12 heavy (non-hydrogen) atoms. The molecular formula is C7H13ClN2O2. The van der Waals surface area contributed by atoms with Crippen LogP contribution in [0.3, 0.4) is 0 Å². The van der Waals surface area contributed by atoms with Crippen LogP contribution in [0.25, 0.3) is 0 Å². The van der Waals surface area contributed by atoms with E-state index in [0.717, 1.165) is 26.1 Å². The summed E-state index contributed by atoms with van der Waals surface area (Å²) >= 11 is 0. The van der Waals surface area contributed by atoms with Crippen LogP contribution in [0.15, 0.2) is 0 Å². The first-order chi connectivity index (χ1) is 5.29. The van der Waals surface area contributed by atoms with Crippen LogP contribution in [0.1, 0.15) is 6.42 Å². The third kappa shape index (κ3) is 1.36. The number of rotatable bonds is 0. The second kappa shape index (κ2) is 3.49. The quantitative estimate of drug-likeness (QED) is 0.584. The highest BCUT2D eigenvalue weighted by Gasteiger charge is 2.39. The minimum Gasteiger partial charge on any atom is -0.465 e. The Kier molecular flexibility index (Phi) is 2.80. The zero-order valence-corrected chi connectivity index (χ0v) is 7.51. The summed E-state index contributed by atoms with van der Waals surface area (Å²) in [5.41, 5.74) is 0. The number of carboxylic acid groups (broad SMARTS) is 1. The topological polar surface area (TPSA) is 52.6 Å². The Hall–Kier alpha value is -0.480. The molecular weight excluding hydrogens is 180 g/mol. The molecule has 0 aromatic carbocycles. The Morgan fingerprint density at radius 1 is 1.50 bits per heavy atom. The Bertz CT molecular complexity index is 188. The van der Waals surface area contributed by atoms with Gasteiger partial charge in [0, 0.05) is 19.6 Å². The number of amides is 1. The van der Waals surface area contributed by atoms with Crippen LogP contribution in [0.2, 0.25) is 0 Å². The fourth-order valence-corrected chi connectivity index (χ4v) is 2.09. The van der Waals surface area contributed by atoms with Crippen LogP contribution < -0.4 is 5.32 Å². The van der Waals surface area contributed by atoms with Crippen molar-refractivity contribution in [2.75, 3.05) is 19.6 Å². The normalized spacial score (nSPS) is 32.8. The lowest BCUT2D eigenvalue weighted by Gasteiger charge is -2.19. The molecule has 0 radical (unpaired) electrons. The van der Waals surface area contributed by atoms with Crippen LogP contribution in [0.4, 0.5) is 4.79 Å². The lowest BCUT2D eigenvalue weighted by atomic mass is 10.1. The predicted octanol–water partition coefficient (Wildman–Crippen LogP) is 0.380. The third-order valence-corrected chi connectivity index (χ3v) is 2.69. The maximum absolute atomic E-state index is 10.6. The lowest BCUT2D eigenvalue weighted by molar-refractivity contribution is 0.140. The van der Waals surface area contributed by atoms with Crippen molar-refractivity contribution in [3.8, 4) is 0 Å². The zero-order valence-electron chi connectivity index (χ0n) is 6.69. The average Bonchev–Trinajstić information content (AvgIpc) is 2.41. The summed E-state index contributed by atoms with van der Waals surface area (Å²) < 4.78 is 0. The average molecular weight is 193 g/mol. The zero-order chi connectivity index (χ0) is 7.84. The molecule has 1 amide bonds. The van der Waals surface area contributed by atoms with Crippen LogP contribution >= 0.6 is 12.4 Å². The van der Waals surface area contributed by atoms with E-state index < -0.39 is 6.09 Å². The highest BCUT2D eigenvalue weighted by atomic mass is 35.5. The molecule has 2 fully saturated rings. The third-order valence-electron chi connectivity index (χ3n) is 2.69. The molecule has 5 heteroatoms. The van der Waals surface area contributed by atoms with Crippen molar-refractivity contribution < 1.29 is 9.90 Å². The van der Waals surface area contributed by atoms with Gasteiger partial charge in [-0.2, -0.15) is 0 Å². The summed E-state index contributed by atoms with van der Waals surface area (Å²) in [5.74, 6) is 0.575. The number of carbonyl (C=O) groups is 1. The molecule has 0 aromatic rings. The Labute approximate surface area is 77.3 Å². The van der Waals surface area contributed by atoms with Crippen molar-refractivity contribution in [3.63, 3.8) is 0 Å². The van der Waals surface area contributed by atoms with Crippen molar-refractivity contribution in [1.82, 2.24) is 10.2 Å². The van der Waals surface area contributed by atoms with Gasteiger partial charge >= 0.3 is 6.09 Å². The molecule has 2 aliphatic rings. The summed E-state index contributed by atoms with van der Waals surface area (Å²) in [5, 5.41) is 12.0. The van der Waals surface area contributed by atoms with E-state index in [1.54, 1.807) is 4.90 Å². The molecule has 0 bridgehead atoms. The summed E-state index contributed by atoms with van der Waals surface area (Å²) in [6, 6.07) is 0.257. The van der Waals surface area contributed by atoms with Gasteiger partial charge in [0.1, 0.15) is 0 Å². The largest absolute Gasteiger partial charge is 0.465 e. The van der Waals surface area contributed by atoms with Gasteiger partial charge in [-0.05, 0) is 12.3 Å². The number of nitrogens with zero attached hydrogens (tertiary/aromatic N) is 1. The van der Waals surface area contributed by atoms with E-state index in [9.17, 15) is 4.79 Å². The van der Waals surface area contributed by atoms with E-state index in [4.69, 9.17) is 5.11 Å². The van der Waals surface area contributed by atoms with Crippen molar-refractivity contribution in [2.24, 2.45) is 5.92 Å². The Morgan fingerprint density at radius 3 is 2.92 bits per heavy atom. The molecule has 2 N–H and O–H groups in total. The second-order valence-corrected chi connectivity index (χ2v) is 3.25. The highest BCUT2D eigenvalue weighted by Crippen LogP contribution is 2.26. The maximum Gasteiger partial charge on any atom is 0.407 e. The van der Waals surface area contributed by atoms with E-state index in [0.29, 0.717) is 5.92 Å². The molecule has 2 atom stereocenters. The van der Waals surface area contributed by atoms with Gasteiger partial charge in [0.15, 0.2) is 0 Å². The predicted molar refractivity (Wildman–Crippen MR) is 46.7 cm³/mol. The van der Waals surface area contributed by atoms with Gasteiger partial charge in [-0.25, -0.2) is 4.79 Å². The fraction of sp³-hybridized carbons (Fsp3) is 0.857. The molecule has 0 aliphatic carbocycles. The van der Waals surface area contributed by atoms with Gasteiger partial charge in [-0.3, -0.25) is 0 Å².